The first-order valence-electron chi connectivity index (χ1n) is 9.38. The minimum atomic E-state index is -0.282. The molecule has 1 aliphatic rings. The molecule has 8 heteroatoms. The lowest BCUT2D eigenvalue weighted by molar-refractivity contribution is -0.118. The highest BCUT2D eigenvalue weighted by molar-refractivity contribution is 6.03. The topological polar surface area (TPSA) is 99.3 Å². The number of benzene rings is 1. The van der Waals surface area contributed by atoms with Crippen LogP contribution in [0.25, 0.3) is 0 Å². The number of nitrogens with zero attached hydrogens (tertiary/aromatic N) is 2. The molecule has 1 aromatic heterocycles. The van der Waals surface area contributed by atoms with Crippen LogP contribution >= 0.6 is 0 Å². The summed E-state index contributed by atoms with van der Waals surface area (Å²) in [5, 5.41) is 12.7. The third kappa shape index (κ3) is 5.40. The molecule has 0 atom stereocenters. The monoisotopic (exact) mass is 385 g/mol. The molecule has 0 radical (unpaired) electrons. The van der Waals surface area contributed by atoms with E-state index in [1.165, 1.54) is 0 Å². The van der Waals surface area contributed by atoms with Gasteiger partial charge >= 0.3 is 0 Å². The molecular formula is C20H27N5O3. The zero-order chi connectivity index (χ0) is 20.1. The van der Waals surface area contributed by atoms with E-state index in [4.69, 9.17) is 4.74 Å². The standard InChI is InChI=1S/C20H27N5O3/c1-20(2,3)17-12-16(23-24-17)19(27)22-15-6-4-14(5-7-15)21-18(26)13-25-8-10-28-11-9-25/h4-7,12H,8-11,13H2,1-3H3,(H,21,26)(H,22,27)(H,23,24). The maximum absolute atomic E-state index is 12.4. The van der Waals surface area contributed by atoms with Gasteiger partial charge in [-0.1, -0.05) is 20.8 Å². The van der Waals surface area contributed by atoms with E-state index in [1.54, 1.807) is 30.3 Å². The number of hydrogen-bond donors (Lipinski definition) is 3. The van der Waals surface area contributed by atoms with E-state index in [-0.39, 0.29) is 17.2 Å². The van der Waals surface area contributed by atoms with Gasteiger partial charge < -0.3 is 15.4 Å². The molecule has 3 N–H and O–H groups in total. The van der Waals surface area contributed by atoms with E-state index in [2.05, 4.69) is 25.7 Å². The largest absolute Gasteiger partial charge is 0.379 e. The summed E-state index contributed by atoms with van der Waals surface area (Å²) in [5.74, 6) is -0.347. The number of amides is 2. The number of aromatic amines is 1. The van der Waals surface area contributed by atoms with Crippen molar-refractivity contribution >= 4 is 23.2 Å². The van der Waals surface area contributed by atoms with Gasteiger partial charge in [0.2, 0.25) is 5.91 Å². The van der Waals surface area contributed by atoms with Crippen molar-refractivity contribution in [3.05, 3.63) is 41.7 Å². The molecule has 2 heterocycles. The molecule has 3 rings (SSSR count). The van der Waals surface area contributed by atoms with E-state index in [0.717, 1.165) is 18.8 Å². The first-order valence-corrected chi connectivity index (χ1v) is 9.38. The molecule has 1 saturated heterocycles. The molecular weight excluding hydrogens is 358 g/mol. The number of anilines is 2. The summed E-state index contributed by atoms with van der Waals surface area (Å²) < 4.78 is 5.28. The van der Waals surface area contributed by atoms with Gasteiger partial charge in [-0.25, -0.2) is 0 Å². The Hall–Kier alpha value is -2.71. The van der Waals surface area contributed by atoms with E-state index in [0.29, 0.717) is 36.8 Å². The third-order valence-corrected chi connectivity index (χ3v) is 4.52. The fourth-order valence-electron chi connectivity index (χ4n) is 2.82. The van der Waals surface area contributed by atoms with Crippen LogP contribution in [0, 0.1) is 0 Å². The lowest BCUT2D eigenvalue weighted by Gasteiger charge is -2.25. The highest BCUT2D eigenvalue weighted by atomic mass is 16.5. The smallest absolute Gasteiger partial charge is 0.276 e. The van der Waals surface area contributed by atoms with Gasteiger partial charge in [0.05, 0.1) is 19.8 Å². The number of morpholine rings is 1. The van der Waals surface area contributed by atoms with Gasteiger partial charge in [-0.2, -0.15) is 5.10 Å². The van der Waals surface area contributed by atoms with Gasteiger partial charge in [0, 0.05) is 35.6 Å². The van der Waals surface area contributed by atoms with Gasteiger partial charge in [0.25, 0.3) is 5.91 Å². The Labute approximate surface area is 164 Å². The van der Waals surface area contributed by atoms with Crippen LogP contribution in [0.2, 0.25) is 0 Å². The predicted molar refractivity (Wildman–Crippen MR) is 108 cm³/mol. The predicted octanol–water partition coefficient (Wildman–Crippen LogP) is 2.23. The molecule has 2 aromatic rings. The lowest BCUT2D eigenvalue weighted by atomic mass is 9.92. The highest BCUT2D eigenvalue weighted by Crippen LogP contribution is 2.21. The van der Waals surface area contributed by atoms with Crippen LogP contribution in [0.3, 0.4) is 0 Å². The molecule has 1 fully saturated rings. The first kappa shape index (κ1) is 20.0. The summed E-state index contributed by atoms with van der Waals surface area (Å²) in [7, 11) is 0. The van der Waals surface area contributed by atoms with Crippen LogP contribution in [0.15, 0.2) is 30.3 Å². The van der Waals surface area contributed by atoms with Crippen LogP contribution in [0.1, 0.15) is 37.0 Å². The Balaban J connectivity index is 1.53. The molecule has 0 saturated carbocycles. The molecule has 1 aromatic carbocycles. The van der Waals surface area contributed by atoms with Crippen LogP contribution in [-0.4, -0.2) is 59.8 Å². The number of carbonyl (C=O) groups is 2. The lowest BCUT2D eigenvalue weighted by Crippen LogP contribution is -2.41. The minimum Gasteiger partial charge on any atom is -0.379 e. The van der Waals surface area contributed by atoms with E-state index >= 15 is 0 Å². The van der Waals surface area contributed by atoms with Gasteiger partial charge in [-0.3, -0.25) is 19.6 Å². The molecule has 0 bridgehead atoms. The molecule has 1 aliphatic heterocycles. The van der Waals surface area contributed by atoms with Crippen molar-refractivity contribution in [2.45, 2.75) is 26.2 Å². The number of ether oxygens (including phenoxy) is 1. The van der Waals surface area contributed by atoms with Gasteiger partial charge in [-0.15, -0.1) is 0 Å². The zero-order valence-electron chi connectivity index (χ0n) is 16.5. The quantitative estimate of drug-likeness (QED) is 0.733. The van der Waals surface area contributed by atoms with E-state index in [9.17, 15) is 9.59 Å². The maximum atomic E-state index is 12.4. The highest BCUT2D eigenvalue weighted by Gasteiger charge is 2.19. The van der Waals surface area contributed by atoms with Crippen molar-refractivity contribution in [1.29, 1.82) is 0 Å². The summed E-state index contributed by atoms with van der Waals surface area (Å²) >= 11 is 0. The number of nitrogens with one attached hydrogen (secondary N) is 3. The van der Waals surface area contributed by atoms with Gasteiger partial charge in [-0.05, 0) is 30.3 Å². The fourth-order valence-corrected chi connectivity index (χ4v) is 2.82. The van der Waals surface area contributed by atoms with E-state index in [1.807, 2.05) is 20.8 Å². The Bertz CT molecular complexity index is 817. The Kier molecular flexibility index (Phi) is 6.11. The second kappa shape index (κ2) is 8.53. The number of hydrogen-bond acceptors (Lipinski definition) is 5. The average Bonchev–Trinajstić information content (AvgIpc) is 3.15. The van der Waals surface area contributed by atoms with Crippen LogP contribution < -0.4 is 10.6 Å². The fraction of sp³-hybridized carbons (Fsp3) is 0.450. The Morgan fingerprint density at radius 3 is 2.29 bits per heavy atom. The SMILES string of the molecule is CC(C)(C)c1cc(C(=O)Nc2ccc(NC(=O)CN3CCOCC3)cc2)n[nH]1. The second-order valence-electron chi connectivity index (χ2n) is 7.89. The molecule has 28 heavy (non-hydrogen) atoms. The Morgan fingerprint density at radius 2 is 1.71 bits per heavy atom. The number of rotatable bonds is 5. The molecule has 0 spiro atoms. The van der Waals surface area contributed by atoms with E-state index < -0.39 is 0 Å². The number of H-pyrrole nitrogens is 1. The summed E-state index contributed by atoms with van der Waals surface area (Å²) in [6, 6.07) is 8.78. The summed E-state index contributed by atoms with van der Waals surface area (Å²) in [6.07, 6.45) is 0. The van der Waals surface area contributed by atoms with Crippen molar-refractivity contribution < 1.29 is 14.3 Å². The molecule has 0 unspecified atom stereocenters. The van der Waals surface area contributed by atoms with Crippen molar-refractivity contribution in [2.75, 3.05) is 43.5 Å². The minimum absolute atomic E-state index is 0.0649. The van der Waals surface area contributed by atoms with Crippen molar-refractivity contribution in [1.82, 2.24) is 15.1 Å². The van der Waals surface area contributed by atoms with Crippen molar-refractivity contribution in [2.24, 2.45) is 0 Å². The number of carbonyl (C=O) groups excluding carboxylic acids is 2. The summed E-state index contributed by atoms with van der Waals surface area (Å²) in [6.45, 7) is 9.35. The summed E-state index contributed by atoms with van der Waals surface area (Å²) in [4.78, 5) is 26.6. The molecule has 150 valence electrons. The van der Waals surface area contributed by atoms with Gasteiger partial charge in [0.1, 0.15) is 0 Å². The zero-order valence-corrected chi connectivity index (χ0v) is 16.5. The average molecular weight is 385 g/mol. The number of aromatic nitrogens is 2. The third-order valence-electron chi connectivity index (χ3n) is 4.52. The van der Waals surface area contributed by atoms with Crippen molar-refractivity contribution in [3.8, 4) is 0 Å². The molecule has 8 nitrogen and oxygen atoms in total. The first-order chi connectivity index (χ1) is 13.3. The van der Waals surface area contributed by atoms with Crippen LogP contribution in [-0.2, 0) is 14.9 Å². The normalized spacial score (nSPS) is 15.2. The van der Waals surface area contributed by atoms with Gasteiger partial charge in [0.15, 0.2) is 5.69 Å². The summed E-state index contributed by atoms with van der Waals surface area (Å²) in [5.41, 5.74) is 2.46. The van der Waals surface area contributed by atoms with Crippen LogP contribution in [0.5, 0.6) is 0 Å². The maximum Gasteiger partial charge on any atom is 0.276 e. The molecule has 2 amide bonds. The van der Waals surface area contributed by atoms with Crippen LogP contribution in [0.4, 0.5) is 11.4 Å². The molecule has 0 aliphatic carbocycles. The van der Waals surface area contributed by atoms with Crippen molar-refractivity contribution in [3.63, 3.8) is 0 Å². The second-order valence-corrected chi connectivity index (χ2v) is 7.89. The Morgan fingerprint density at radius 1 is 1.11 bits per heavy atom.